The molecule has 1 aliphatic heterocycles. The van der Waals surface area contributed by atoms with Crippen LogP contribution in [0.5, 0.6) is 5.75 Å². The summed E-state index contributed by atoms with van der Waals surface area (Å²) in [6.07, 6.45) is 0.907. The van der Waals surface area contributed by atoms with Gasteiger partial charge in [0.05, 0.1) is 12.5 Å². The molecule has 1 fully saturated rings. The van der Waals surface area contributed by atoms with E-state index in [1.54, 1.807) is 0 Å². The summed E-state index contributed by atoms with van der Waals surface area (Å²) in [5.41, 5.74) is 2.26. The Morgan fingerprint density at radius 3 is 2.88 bits per heavy atom. The quantitative estimate of drug-likeness (QED) is 0.852. The van der Waals surface area contributed by atoms with E-state index in [0.29, 0.717) is 0 Å². The first-order valence-electron chi connectivity index (χ1n) is 6.01. The van der Waals surface area contributed by atoms with E-state index >= 15 is 0 Å². The predicted octanol–water partition coefficient (Wildman–Crippen LogP) is 2.45. The molecule has 1 N–H and O–H groups in total. The molecule has 2 aliphatic rings. The molecule has 90 valence electrons. The fourth-order valence-electron chi connectivity index (χ4n) is 3.22. The van der Waals surface area contributed by atoms with Crippen molar-refractivity contribution in [2.45, 2.75) is 26.2 Å². The average molecular weight is 232 g/mol. The van der Waals surface area contributed by atoms with Crippen LogP contribution in [0.1, 0.15) is 30.9 Å². The van der Waals surface area contributed by atoms with Gasteiger partial charge in [-0.1, -0.05) is 26.0 Å². The molecule has 1 aromatic rings. The summed E-state index contributed by atoms with van der Waals surface area (Å²) in [6.45, 7) is 4.79. The van der Waals surface area contributed by atoms with E-state index in [2.05, 4.69) is 6.07 Å². The van der Waals surface area contributed by atoms with E-state index in [9.17, 15) is 9.90 Å². The predicted molar refractivity (Wildman–Crippen MR) is 63.3 cm³/mol. The number of carbonyl (C=O) groups is 1. The maximum absolute atomic E-state index is 11.2. The summed E-state index contributed by atoms with van der Waals surface area (Å²) in [5, 5.41) is 9.24. The van der Waals surface area contributed by atoms with Crippen molar-refractivity contribution < 1.29 is 14.6 Å². The molecule has 0 amide bonds. The van der Waals surface area contributed by atoms with Crippen molar-refractivity contribution >= 4 is 5.97 Å². The zero-order valence-corrected chi connectivity index (χ0v) is 10.1. The molecule has 0 saturated heterocycles. The first kappa shape index (κ1) is 10.6. The van der Waals surface area contributed by atoms with E-state index in [1.807, 2.05) is 26.0 Å². The van der Waals surface area contributed by atoms with E-state index in [4.69, 9.17) is 4.74 Å². The molecule has 0 spiro atoms. The van der Waals surface area contributed by atoms with Crippen molar-refractivity contribution in [2.24, 2.45) is 11.3 Å². The minimum atomic E-state index is -0.684. The molecule has 1 aliphatic carbocycles. The van der Waals surface area contributed by atoms with E-state index in [0.717, 1.165) is 18.8 Å². The lowest BCUT2D eigenvalue weighted by molar-refractivity contribution is -0.139. The van der Waals surface area contributed by atoms with Crippen LogP contribution in [0.3, 0.4) is 0 Å². The highest BCUT2D eigenvalue weighted by Crippen LogP contribution is 2.65. The summed E-state index contributed by atoms with van der Waals surface area (Å²) >= 11 is 0. The molecule has 17 heavy (non-hydrogen) atoms. The molecule has 0 unspecified atom stereocenters. The number of hydrogen-bond acceptors (Lipinski definition) is 2. The number of carboxylic acid groups (broad SMARTS) is 1. The normalized spacial score (nSPS) is 28.4. The minimum Gasteiger partial charge on any atom is -0.493 e. The Bertz CT molecular complexity index is 490. The van der Waals surface area contributed by atoms with Crippen LogP contribution in [0, 0.1) is 11.3 Å². The molecule has 1 aromatic carbocycles. The fourth-order valence-corrected chi connectivity index (χ4v) is 3.22. The van der Waals surface area contributed by atoms with Crippen molar-refractivity contribution in [1.29, 1.82) is 0 Å². The third kappa shape index (κ3) is 1.38. The first-order valence-corrected chi connectivity index (χ1v) is 6.01. The van der Waals surface area contributed by atoms with Crippen LogP contribution in [-0.2, 0) is 11.2 Å². The lowest BCUT2D eigenvalue weighted by Crippen LogP contribution is -2.03. The lowest BCUT2D eigenvalue weighted by Gasteiger charge is -2.07. The van der Waals surface area contributed by atoms with Gasteiger partial charge in [-0.15, -0.1) is 0 Å². The Morgan fingerprint density at radius 1 is 1.47 bits per heavy atom. The van der Waals surface area contributed by atoms with Gasteiger partial charge >= 0.3 is 5.97 Å². The highest BCUT2D eigenvalue weighted by Gasteiger charge is 2.63. The molecule has 3 rings (SSSR count). The second-order valence-corrected chi connectivity index (χ2v) is 5.54. The van der Waals surface area contributed by atoms with Gasteiger partial charge in [-0.25, -0.2) is 0 Å². The molecule has 1 heterocycles. The molecular formula is C14H16O3. The molecule has 3 nitrogen and oxygen atoms in total. The van der Waals surface area contributed by atoms with Gasteiger partial charge in [0.2, 0.25) is 0 Å². The standard InChI is InChI=1S/C14H16O3/c1-14(2)11(12(14)13(15)16)9-4-3-5-10-8(9)6-7-17-10/h3-5,11-12H,6-7H2,1-2H3,(H,15,16)/t11-,12+/m1/s1. The Kier molecular flexibility index (Phi) is 2.03. The number of rotatable bonds is 2. The van der Waals surface area contributed by atoms with Crippen LogP contribution < -0.4 is 4.74 Å². The number of hydrogen-bond donors (Lipinski definition) is 1. The van der Waals surface area contributed by atoms with Crippen LogP contribution in [0.4, 0.5) is 0 Å². The Balaban J connectivity index is 2.02. The van der Waals surface area contributed by atoms with Crippen LogP contribution in [0.25, 0.3) is 0 Å². The van der Waals surface area contributed by atoms with Crippen molar-refractivity contribution in [2.75, 3.05) is 6.61 Å². The number of carboxylic acids is 1. The van der Waals surface area contributed by atoms with E-state index in [-0.39, 0.29) is 17.3 Å². The van der Waals surface area contributed by atoms with Gasteiger partial charge in [-0.05, 0) is 17.0 Å². The molecule has 0 aromatic heterocycles. The Hall–Kier alpha value is -1.51. The van der Waals surface area contributed by atoms with E-state index < -0.39 is 5.97 Å². The third-order valence-corrected chi connectivity index (χ3v) is 4.21. The largest absolute Gasteiger partial charge is 0.493 e. The SMILES string of the molecule is CC1(C)[C@H](C(=O)O)[C@H]1c1cccc2c1CCO2. The highest BCUT2D eigenvalue weighted by molar-refractivity contribution is 5.78. The molecule has 1 saturated carbocycles. The van der Waals surface area contributed by atoms with Crippen LogP contribution in [0.2, 0.25) is 0 Å². The highest BCUT2D eigenvalue weighted by atomic mass is 16.5. The van der Waals surface area contributed by atoms with Crippen LogP contribution in [0.15, 0.2) is 18.2 Å². The van der Waals surface area contributed by atoms with Crippen molar-refractivity contribution in [3.63, 3.8) is 0 Å². The third-order valence-electron chi connectivity index (χ3n) is 4.21. The second-order valence-electron chi connectivity index (χ2n) is 5.54. The van der Waals surface area contributed by atoms with Gasteiger partial charge in [-0.2, -0.15) is 0 Å². The number of ether oxygens (including phenoxy) is 1. The molecule has 3 heteroatoms. The first-order chi connectivity index (χ1) is 8.03. The summed E-state index contributed by atoms with van der Waals surface area (Å²) < 4.78 is 5.53. The monoisotopic (exact) mass is 232 g/mol. The maximum atomic E-state index is 11.2. The fraction of sp³-hybridized carbons (Fsp3) is 0.500. The van der Waals surface area contributed by atoms with Gasteiger partial charge in [0.15, 0.2) is 0 Å². The second kappa shape index (κ2) is 3.25. The van der Waals surface area contributed by atoms with Crippen molar-refractivity contribution in [1.82, 2.24) is 0 Å². The zero-order chi connectivity index (χ0) is 12.2. The number of fused-ring (bicyclic) bond motifs is 1. The Labute approximate surface area is 100 Å². The van der Waals surface area contributed by atoms with Gasteiger partial charge in [0.1, 0.15) is 5.75 Å². The number of benzene rings is 1. The molecule has 0 radical (unpaired) electrons. The Morgan fingerprint density at radius 2 is 2.24 bits per heavy atom. The van der Waals surface area contributed by atoms with Crippen LogP contribution >= 0.6 is 0 Å². The van der Waals surface area contributed by atoms with E-state index in [1.165, 1.54) is 11.1 Å². The molecular weight excluding hydrogens is 216 g/mol. The maximum Gasteiger partial charge on any atom is 0.307 e. The smallest absolute Gasteiger partial charge is 0.307 e. The van der Waals surface area contributed by atoms with Crippen molar-refractivity contribution in [3.8, 4) is 5.75 Å². The van der Waals surface area contributed by atoms with Gasteiger partial charge in [-0.3, -0.25) is 4.79 Å². The minimum absolute atomic E-state index is 0.135. The van der Waals surface area contributed by atoms with Gasteiger partial charge < -0.3 is 9.84 Å². The van der Waals surface area contributed by atoms with Crippen LogP contribution in [-0.4, -0.2) is 17.7 Å². The summed E-state index contributed by atoms with van der Waals surface area (Å²) in [6, 6.07) is 5.99. The lowest BCUT2D eigenvalue weighted by atomic mass is 9.96. The summed E-state index contributed by atoms with van der Waals surface area (Å²) in [5.74, 6) is 0.136. The zero-order valence-electron chi connectivity index (χ0n) is 10.1. The van der Waals surface area contributed by atoms with Gasteiger partial charge in [0.25, 0.3) is 0 Å². The van der Waals surface area contributed by atoms with Gasteiger partial charge in [0, 0.05) is 17.9 Å². The summed E-state index contributed by atoms with van der Waals surface area (Å²) in [4.78, 5) is 11.2. The molecule has 0 bridgehead atoms. The van der Waals surface area contributed by atoms with Crippen molar-refractivity contribution in [3.05, 3.63) is 29.3 Å². The molecule has 2 atom stereocenters. The average Bonchev–Trinajstić information content (AvgIpc) is 2.65. The number of aliphatic carboxylic acids is 1. The summed E-state index contributed by atoms with van der Waals surface area (Å²) in [7, 11) is 0. The topological polar surface area (TPSA) is 46.5 Å².